The van der Waals surface area contributed by atoms with E-state index in [1.54, 1.807) is 10.1 Å². The van der Waals surface area contributed by atoms with Gasteiger partial charge in [0.1, 0.15) is 4.91 Å². The second-order valence-electron chi connectivity index (χ2n) is 11.3. The first-order valence-corrected chi connectivity index (χ1v) is 16.6. The Morgan fingerprint density at radius 3 is 1.45 bits per heavy atom. The number of hydroxylamine groups is 4. The first kappa shape index (κ1) is 34.7. The standard InChI is InChI=1S/C32H60N3O5/c1-3-5-7-9-11-13-15-17-19-21-23-31-29-37-27-25-33(31)39-35(36)40-34-26-28-38-30-32(34)24-22-20-18-16-14-12-10-8-6-4-2/h15-18,31-32H,3-14,19-30H2,1-2H3/q+1. The van der Waals surface area contributed by atoms with Crippen LogP contribution in [0.3, 0.4) is 0 Å². The van der Waals surface area contributed by atoms with Crippen LogP contribution in [0.25, 0.3) is 0 Å². The zero-order valence-electron chi connectivity index (χ0n) is 25.8. The van der Waals surface area contributed by atoms with Gasteiger partial charge in [-0.1, -0.05) is 110 Å². The number of unbranched alkanes of at least 4 members (excludes halogenated alkanes) is 12. The highest BCUT2D eigenvalue weighted by molar-refractivity contribution is 4.83. The second kappa shape index (κ2) is 24.2. The Kier molecular flexibility index (Phi) is 21.0. The summed E-state index contributed by atoms with van der Waals surface area (Å²) in [5.74, 6) is 0. The summed E-state index contributed by atoms with van der Waals surface area (Å²) >= 11 is 0. The van der Waals surface area contributed by atoms with Crippen molar-refractivity contribution >= 4 is 0 Å². The predicted octanol–water partition coefficient (Wildman–Crippen LogP) is 8.03. The first-order valence-electron chi connectivity index (χ1n) is 16.6. The second-order valence-corrected chi connectivity index (χ2v) is 11.3. The van der Waals surface area contributed by atoms with E-state index >= 15 is 0 Å². The first-order chi connectivity index (χ1) is 19.7. The molecule has 2 aliphatic rings. The average Bonchev–Trinajstić information content (AvgIpc) is 2.96. The predicted molar refractivity (Wildman–Crippen MR) is 161 cm³/mol. The lowest BCUT2D eigenvalue weighted by atomic mass is 10.1. The molecule has 2 rings (SSSR count). The van der Waals surface area contributed by atoms with Crippen LogP contribution in [-0.4, -0.2) is 66.8 Å². The Hall–Kier alpha value is -1.48. The van der Waals surface area contributed by atoms with Crippen molar-refractivity contribution in [1.29, 1.82) is 0 Å². The molecule has 2 saturated heterocycles. The fourth-order valence-corrected chi connectivity index (χ4v) is 5.28. The van der Waals surface area contributed by atoms with Crippen LogP contribution >= 0.6 is 0 Å². The molecular weight excluding hydrogens is 506 g/mol. The Morgan fingerprint density at radius 1 is 0.625 bits per heavy atom. The molecule has 0 aliphatic carbocycles. The van der Waals surface area contributed by atoms with Crippen molar-refractivity contribution in [3.05, 3.63) is 29.2 Å². The molecule has 8 heteroatoms. The molecule has 0 amide bonds. The SMILES string of the molecule is CCCCCCCC=CCCCC1COCCN1O[N+](=O)ON1CCOCC1CCCC=CCCCCCCC. The van der Waals surface area contributed by atoms with Crippen LogP contribution < -0.4 is 0 Å². The van der Waals surface area contributed by atoms with E-state index in [4.69, 9.17) is 19.4 Å². The summed E-state index contributed by atoms with van der Waals surface area (Å²) in [5, 5.41) is 3.74. The van der Waals surface area contributed by atoms with E-state index < -0.39 is 0 Å². The number of allylic oxidation sites excluding steroid dienone is 4. The summed E-state index contributed by atoms with van der Waals surface area (Å²) in [7, 11) is 0. The maximum absolute atomic E-state index is 12.6. The minimum Gasteiger partial charge on any atom is -0.378 e. The smallest absolute Gasteiger partial charge is 0.378 e. The molecule has 0 radical (unpaired) electrons. The highest BCUT2D eigenvalue weighted by Gasteiger charge is 2.36. The van der Waals surface area contributed by atoms with Crippen LogP contribution in [-0.2, 0) is 19.4 Å². The van der Waals surface area contributed by atoms with Gasteiger partial charge in [0, 0.05) is 0 Å². The Balaban J connectivity index is 1.62. The Bertz CT molecular complexity index is 621. The number of hydrogen-bond acceptors (Lipinski definition) is 7. The van der Waals surface area contributed by atoms with Crippen molar-refractivity contribution in [2.75, 3.05) is 39.5 Å². The van der Waals surface area contributed by atoms with Crippen LogP contribution in [0, 0.1) is 4.91 Å². The number of morpholine rings is 2. The zero-order valence-corrected chi connectivity index (χ0v) is 25.8. The maximum Gasteiger partial charge on any atom is 0.519 e. The molecule has 0 aromatic carbocycles. The minimum atomic E-state index is 0.0511. The molecule has 8 nitrogen and oxygen atoms in total. The molecule has 232 valence electrons. The van der Waals surface area contributed by atoms with E-state index in [0.29, 0.717) is 39.5 Å². The fraction of sp³-hybridized carbons (Fsp3) is 0.875. The van der Waals surface area contributed by atoms with Gasteiger partial charge in [-0.05, 0) is 64.2 Å². The van der Waals surface area contributed by atoms with Crippen molar-refractivity contribution < 1.29 is 24.4 Å². The fourth-order valence-electron chi connectivity index (χ4n) is 5.28. The van der Waals surface area contributed by atoms with Crippen molar-refractivity contribution in [1.82, 2.24) is 10.1 Å². The Morgan fingerprint density at radius 2 is 1.02 bits per heavy atom. The van der Waals surface area contributed by atoms with Crippen LogP contribution in [0.4, 0.5) is 0 Å². The van der Waals surface area contributed by atoms with Crippen LogP contribution in [0.5, 0.6) is 0 Å². The molecule has 2 unspecified atom stereocenters. The molecule has 0 aromatic heterocycles. The lowest BCUT2D eigenvalue weighted by molar-refractivity contribution is -1.04. The van der Waals surface area contributed by atoms with Gasteiger partial charge >= 0.3 is 5.09 Å². The van der Waals surface area contributed by atoms with Gasteiger partial charge in [-0.2, -0.15) is 0 Å². The molecule has 0 spiro atoms. The molecule has 0 N–H and O–H groups in total. The van der Waals surface area contributed by atoms with E-state index in [1.807, 2.05) is 0 Å². The summed E-state index contributed by atoms with van der Waals surface area (Å²) in [6.45, 7) is 7.86. The molecule has 2 atom stereocenters. The summed E-state index contributed by atoms with van der Waals surface area (Å²) in [5.41, 5.74) is 0. The summed E-state index contributed by atoms with van der Waals surface area (Å²) in [6.07, 6.45) is 30.8. The highest BCUT2D eigenvalue weighted by atomic mass is 17.1. The molecule has 2 heterocycles. The normalized spacial score (nSPS) is 20.9. The highest BCUT2D eigenvalue weighted by Crippen LogP contribution is 2.18. The number of ether oxygens (including phenoxy) is 2. The van der Waals surface area contributed by atoms with Crippen molar-refractivity contribution in [2.45, 2.75) is 142 Å². The van der Waals surface area contributed by atoms with Gasteiger partial charge in [0.25, 0.3) is 0 Å². The minimum absolute atomic E-state index is 0.0511. The van der Waals surface area contributed by atoms with Crippen molar-refractivity contribution in [3.8, 4) is 0 Å². The summed E-state index contributed by atoms with van der Waals surface area (Å²) < 4.78 is 11.3. The average molecular weight is 567 g/mol. The molecule has 0 aromatic rings. The third kappa shape index (κ3) is 16.7. The molecule has 0 saturated carbocycles. The van der Waals surface area contributed by atoms with E-state index in [2.05, 4.69) is 38.2 Å². The van der Waals surface area contributed by atoms with E-state index in [9.17, 15) is 4.91 Å². The molecule has 2 fully saturated rings. The molecule has 40 heavy (non-hydrogen) atoms. The van der Waals surface area contributed by atoms with Gasteiger partial charge in [0.15, 0.2) is 0 Å². The monoisotopic (exact) mass is 566 g/mol. The zero-order chi connectivity index (χ0) is 28.5. The summed E-state index contributed by atoms with van der Waals surface area (Å²) in [4.78, 5) is 23.8. The maximum atomic E-state index is 12.6. The lowest BCUT2D eigenvalue weighted by Crippen LogP contribution is -2.50. The number of rotatable bonds is 24. The largest absolute Gasteiger partial charge is 0.519 e. The Labute approximate surface area is 244 Å². The third-order valence-corrected chi connectivity index (χ3v) is 7.79. The van der Waals surface area contributed by atoms with Crippen molar-refractivity contribution in [3.63, 3.8) is 0 Å². The van der Waals surface area contributed by atoms with Crippen LogP contribution in [0.1, 0.15) is 129 Å². The number of nitrogens with zero attached hydrogens (tertiary/aromatic N) is 3. The topological polar surface area (TPSA) is 63.5 Å². The molecule has 0 bridgehead atoms. The van der Waals surface area contributed by atoms with Gasteiger partial charge in [-0.25, -0.2) is 0 Å². The van der Waals surface area contributed by atoms with Gasteiger partial charge in [-0.3, -0.25) is 0 Å². The van der Waals surface area contributed by atoms with E-state index in [1.165, 1.54) is 77.0 Å². The lowest BCUT2D eigenvalue weighted by Gasteiger charge is -2.30. The molecular formula is C32H60N3O5+. The van der Waals surface area contributed by atoms with Gasteiger partial charge in [0.2, 0.25) is 0 Å². The van der Waals surface area contributed by atoms with Crippen LogP contribution in [0.2, 0.25) is 0 Å². The van der Waals surface area contributed by atoms with Gasteiger partial charge < -0.3 is 9.47 Å². The number of hydrogen-bond donors (Lipinski definition) is 0. The summed E-state index contributed by atoms with van der Waals surface area (Å²) in [6, 6.07) is 0.102. The van der Waals surface area contributed by atoms with Crippen LogP contribution in [0.15, 0.2) is 24.3 Å². The quantitative estimate of drug-likeness (QED) is 0.0665. The molecule has 2 aliphatic heterocycles. The van der Waals surface area contributed by atoms with Gasteiger partial charge in [0.05, 0.1) is 51.6 Å². The van der Waals surface area contributed by atoms with E-state index in [-0.39, 0.29) is 17.2 Å². The van der Waals surface area contributed by atoms with Gasteiger partial charge in [-0.15, -0.1) is 0 Å². The third-order valence-electron chi connectivity index (χ3n) is 7.79. The van der Waals surface area contributed by atoms with Crippen molar-refractivity contribution in [2.24, 2.45) is 0 Å². The van der Waals surface area contributed by atoms with E-state index in [0.717, 1.165) is 38.5 Å².